The average molecular weight is 522 g/mol. The molecule has 192 valence electrons. The Kier molecular flexibility index (Phi) is 7.70. The van der Waals surface area contributed by atoms with Crippen LogP contribution in [0.2, 0.25) is 0 Å². The van der Waals surface area contributed by atoms with E-state index < -0.39 is 33.8 Å². The van der Waals surface area contributed by atoms with Gasteiger partial charge in [0.1, 0.15) is 11.8 Å². The highest BCUT2D eigenvalue weighted by Crippen LogP contribution is 2.26. The third-order valence-electron chi connectivity index (χ3n) is 6.11. The maximum absolute atomic E-state index is 13.4. The number of carbonyl (C=O) groups excluding carboxylic acids is 3. The van der Waals surface area contributed by atoms with E-state index in [-0.39, 0.29) is 24.5 Å². The molecular weight excluding hydrogens is 494 g/mol. The Hall–Kier alpha value is -4.02. The van der Waals surface area contributed by atoms with Crippen molar-refractivity contribution in [1.29, 1.82) is 0 Å². The zero-order valence-corrected chi connectivity index (χ0v) is 21.1. The third kappa shape index (κ3) is 6.22. The van der Waals surface area contributed by atoms with Crippen molar-refractivity contribution >= 4 is 33.4 Å². The van der Waals surface area contributed by atoms with Crippen LogP contribution in [-0.2, 0) is 30.8 Å². The summed E-state index contributed by atoms with van der Waals surface area (Å²) < 4.78 is 28.7. The van der Waals surface area contributed by atoms with Crippen LogP contribution < -0.4 is 14.8 Å². The molecule has 3 aromatic carbocycles. The highest BCUT2D eigenvalue weighted by molar-refractivity contribution is 7.89. The van der Waals surface area contributed by atoms with Crippen molar-refractivity contribution in [2.24, 2.45) is 5.14 Å². The normalized spacial score (nSPS) is 15.6. The Morgan fingerprint density at radius 2 is 1.65 bits per heavy atom. The molecule has 2 N–H and O–H groups in total. The molecule has 1 unspecified atom stereocenters. The second-order valence-electron chi connectivity index (χ2n) is 8.75. The standard InChI is InChI=1S/C27H27N3O6S/c1-19-7-11-21(12-8-19)30-25(31)17-24(27(30)33)29(26(32)18-36-22-5-3-2-4-6-22)16-15-20-9-13-23(14-10-20)37(28,34)35/h2-14,24H,15-18H2,1H3,(H2,28,34,35). The fraction of sp³-hybridized carbons (Fsp3) is 0.222. The van der Waals surface area contributed by atoms with Crippen molar-refractivity contribution in [2.45, 2.75) is 30.7 Å². The van der Waals surface area contributed by atoms with E-state index in [9.17, 15) is 22.8 Å². The van der Waals surface area contributed by atoms with Crippen LogP contribution in [0.25, 0.3) is 0 Å². The minimum Gasteiger partial charge on any atom is -0.484 e. The Morgan fingerprint density at radius 3 is 2.27 bits per heavy atom. The zero-order chi connectivity index (χ0) is 26.6. The van der Waals surface area contributed by atoms with Crippen LogP contribution in [0.5, 0.6) is 5.75 Å². The van der Waals surface area contributed by atoms with Crippen LogP contribution in [0, 0.1) is 6.92 Å². The Labute approximate surface area is 215 Å². The molecule has 1 fully saturated rings. The predicted molar refractivity (Wildman–Crippen MR) is 137 cm³/mol. The van der Waals surface area contributed by atoms with Gasteiger partial charge in [-0.15, -0.1) is 0 Å². The summed E-state index contributed by atoms with van der Waals surface area (Å²) in [6.45, 7) is 1.72. The first kappa shape index (κ1) is 26.1. The lowest BCUT2D eigenvalue weighted by Gasteiger charge is -2.28. The van der Waals surface area contributed by atoms with Gasteiger partial charge in [-0.25, -0.2) is 18.5 Å². The summed E-state index contributed by atoms with van der Waals surface area (Å²) in [5, 5.41) is 5.16. The van der Waals surface area contributed by atoms with Crippen molar-refractivity contribution < 1.29 is 27.5 Å². The molecule has 3 amide bonds. The number of amides is 3. The number of carbonyl (C=O) groups is 3. The fourth-order valence-electron chi connectivity index (χ4n) is 4.12. The van der Waals surface area contributed by atoms with Gasteiger partial charge < -0.3 is 9.64 Å². The lowest BCUT2D eigenvalue weighted by molar-refractivity contribution is -0.140. The van der Waals surface area contributed by atoms with Crippen LogP contribution in [0.3, 0.4) is 0 Å². The van der Waals surface area contributed by atoms with Crippen molar-refractivity contribution in [3.8, 4) is 5.75 Å². The number of sulfonamides is 1. The molecule has 1 aliphatic rings. The smallest absolute Gasteiger partial charge is 0.261 e. The van der Waals surface area contributed by atoms with Crippen molar-refractivity contribution in [1.82, 2.24) is 4.90 Å². The van der Waals surface area contributed by atoms with Crippen LogP contribution in [0.15, 0.2) is 83.8 Å². The largest absolute Gasteiger partial charge is 0.484 e. The van der Waals surface area contributed by atoms with Crippen molar-refractivity contribution in [3.63, 3.8) is 0 Å². The quantitative estimate of drug-likeness (QED) is 0.431. The van der Waals surface area contributed by atoms with Gasteiger partial charge in [0.25, 0.3) is 11.8 Å². The molecule has 0 spiro atoms. The van der Waals surface area contributed by atoms with Crippen LogP contribution >= 0.6 is 0 Å². The van der Waals surface area contributed by atoms with Gasteiger partial charge in [-0.2, -0.15) is 0 Å². The van der Waals surface area contributed by atoms with E-state index in [4.69, 9.17) is 9.88 Å². The number of nitrogens with zero attached hydrogens (tertiary/aromatic N) is 2. The van der Waals surface area contributed by atoms with Gasteiger partial charge in [-0.3, -0.25) is 14.4 Å². The number of para-hydroxylation sites is 1. The second-order valence-corrected chi connectivity index (χ2v) is 10.3. The van der Waals surface area contributed by atoms with E-state index in [2.05, 4.69) is 0 Å². The van der Waals surface area contributed by atoms with Crippen LogP contribution in [0.4, 0.5) is 5.69 Å². The van der Waals surface area contributed by atoms with Gasteiger partial charge in [-0.05, 0) is 55.3 Å². The number of hydrogen-bond donors (Lipinski definition) is 1. The number of anilines is 1. The molecule has 9 nitrogen and oxygen atoms in total. The first-order valence-electron chi connectivity index (χ1n) is 11.7. The SMILES string of the molecule is Cc1ccc(N2C(=O)CC(N(CCc3ccc(S(N)(=O)=O)cc3)C(=O)COc3ccccc3)C2=O)cc1. The van der Waals surface area contributed by atoms with E-state index in [1.165, 1.54) is 17.0 Å². The van der Waals surface area contributed by atoms with Gasteiger partial charge in [0, 0.05) is 6.54 Å². The Bertz CT molecular complexity index is 1390. The van der Waals surface area contributed by atoms with Gasteiger partial charge in [-0.1, -0.05) is 48.0 Å². The lowest BCUT2D eigenvalue weighted by atomic mass is 10.1. The molecule has 0 aromatic heterocycles. The summed E-state index contributed by atoms with van der Waals surface area (Å²) in [5.74, 6) is -0.809. The highest BCUT2D eigenvalue weighted by atomic mass is 32.2. The minimum atomic E-state index is -3.83. The van der Waals surface area contributed by atoms with E-state index in [0.29, 0.717) is 17.9 Å². The maximum Gasteiger partial charge on any atom is 0.261 e. The molecule has 0 radical (unpaired) electrons. The molecule has 0 saturated carbocycles. The number of hydrogen-bond acceptors (Lipinski definition) is 6. The van der Waals surface area contributed by atoms with E-state index >= 15 is 0 Å². The summed E-state index contributed by atoms with van der Waals surface area (Å²) in [6, 6.07) is 20.8. The summed E-state index contributed by atoms with van der Waals surface area (Å²) >= 11 is 0. The molecule has 4 rings (SSSR count). The summed E-state index contributed by atoms with van der Waals surface area (Å²) in [6.07, 6.45) is 0.179. The van der Waals surface area contributed by atoms with Gasteiger partial charge >= 0.3 is 0 Å². The molecule has 1 aliphatic heterocycles. The summed E-state index contributed by atoms with van der Waals surface area (Å²) in [4.78, 5) is 42.0. The molecule has 37 heavy (non-hydrogen) atoms. The predicted octanol–water partition coefficient (Wildman–Crippen LogP) is 2.42. The monoisotopic (exact) mass is 521 g/mol. The minimum absolute atomic E-state index is 0.0225. The first-order valence-corrected chi connectivity index (χ1v) is 13.2. The second kappa shape index (κ2) is 10.9. The van der Waals surface area contributed by atoms with E-state index in [1.807, 2.05) is 25.1 Å². The number of primary sulfonamides is 1. The van der Waals surface area contributed by atoms with E-state index in [0.717, 1.165) is 16.0 Å². The average Bonchev–Trinajstić information content (AvgIpc) is 3.17. The molecule has 0 aliphatic carbocycles. The molecule has 1 heterocycles. The van der Waals surface area contributed by atoms with Crippen molar-refractivity contribution in [3.05, 3.63) is 90.0 Å². The Balaban J connectivity index is 1.54. The van der Waals surface area contributed by atoms with Gasteiger partial charge in [0.05, 0.1) is 17.0 Å². The van der Waals surface area contributed by atoms with Crippen molar-refractivity contribution in [2.75, 3.05) is 18.1 Å². The van der Waals surface area contributed by atoms with Crippen LogP contribution in [-0.4, -0.2) is 50.2 Å². The molecule has 0 bridgehead atoms. The van der Waals surface area contributed by atoms with Gasteiger partial charge in [0.15, 0.2) is 6.61 Å². The molecular formula is C27H27N3O6S. The first-order chi connectivity index (χ1) is 17.6. The molecule has 1 atom stereocenters. The Morgan fingerprint density at radius 1 is 1.00 bits per heavy atom. The topological polar surface area (TPSA) is 127 Å². The van der Waals surface area contributed by atoms with E-state index in [1.54, 1.807) is 48.5 Å². The number of benzene rings is 3. The zero-order valence-electron chi connectivity index (χ0n) is 20.2. The molecule has 3 aromatic rings. The number of imide groups is 1. The number of ether oxygens (including phenoxy) is 1. The number of rotatable bonds is 9. The fourth-order valence-corrected chi connectivity index (χ4v) is 4.63. The summed E-state index contributed by atoms with van der Waals surface area (Å²) in [7, 11) is -3.83. The maximum atomic E-state index is 13.4. The lowest BCUT2D eigenvalue weighted by Crippen LogP contribution is -2.48. The van der Waals surface area contributed by atoms with Gasteiger partial charge in [0.2, 0.25) is 15.9 Å². The molecule has 10 heteroatoms. The number of aryl methyl sites for hydroxylation is 1. The number of nitrogens with two attached hydrogens (primary N) is 1. The van der Waals surface area contributed by atoms with Crippen LogP contribution in [0.1, 0.15) is 17.5 Å². The summed E-state index contributed by atoms with van der Waals surface area (Å²) in [5.41, 5.74) is 2.18. The highest BCUT2D eigenvalue weighted by Gasteiger charge is 2.44. The molecule has 1 saturated heterocycles. The third-order valence-corrected chi connectivity index (χ3v) is 7.04.